The van der Waals surface area contributed by atoms with Crippen LogP contribution in [0.5, 0.6) is 0 Å². The zero-order chi connectivity index (χ0) is 18.3. The lowest BCUT2D eigenvalue weighted by Crippen LogP contribution is -2.44. The van der Waals surface area contributed by atoms with Crippen LogP contribution in [0.25, 0.3) is 10.2 Å². The molecule has 0 radical (unpaired) electrons. The average Bonchev–Trinajstić information content (AvgIpc) is 3.25. The van der Waals surface area contributed by atoms with Crippen molar-refractivity contribution in [3.8, 4) is 0 Å². The van der Waals surface area contributed by atoms with Crippen LogP contribution in [0.15, 0.2) is 11.1 Å². The first-order valence-electron chi connectivity index (χ1n) is 9.14. The van der Waals surface area contributed by atoms with E-state index < -0.39 is 11.9 Å². The summed E-state index contributed by atoms with van der Waals surface area (Å²) in [5.41, 5.74) is 6.47. The van der Waals surface area contributed by atoms with Crippen molar-refractivity contribution < 1.29 is 9.59 Å². The van der Waals surface area contributed by atoms with E-state index in [0.29, 0.717) is 13.0 Å². The molecule has 2 aliphatic rings. The highest BCUT2D eigenvalue weighted by molar-refractivity contribution is 7.18. The summed E-state index contributed by atoms with van der Waals surface area (Å²) < 4.78 is 1.52. The number of carbonyl (C=O) groups is 2. The van der Waals surface area contributed by atoms with E-state index >= 15 is 0 Å². The fourth-order valence-corrected chi connectivity index (χ4v) is 5.28. The molecule has 1 aliphatic heterocycles. The molecule has 2 aromatic rings. The molecule has 26 heavy (non-hydrogen) atoms. The smallest absolute Gasteiger partial charge is 0.262 e. The van der Waals surface area contributed by atoms with E-state index in [1.165, 1.54) is 22.2 Å². The number of nitrogens with two attached hydrogens (primary N) is 1. The molecular formula is C18H22N4O3S. The van der Waals surface area contributed by atoms with Crippen molar-refractivity contribution in [3.63, 3.8) is 0 Å². The summed E-state index contributed by atoms with van der Waals surface area (Å²) in [6, 6.07) is -0.510. The minimum Gasteiger partial charge on any atom is -0.368 e. The number of thiophene rings is 1. The number of amides is 2. The fourth-order valence-electron chi connectivity index (χ4n) is 4.06. The predicted octanol–water partition coefficient (Wildman–Crippen LogP) is 1.20. The summed E-state index contributed by atoms with van der Waals surface area (Å²) in [5.74, 6) is -0.591. The van der Waals surface area contributed by atoms with E-state index in [1.807, 2.05) is 0 Å². The Bertz CT molecular complexity index is 932. The van der Waals surface area contributed by atoms with E-state index in [-0.39, 0.29) is 24.4 Å². The van der Waals surface area contributed by atoms with Gasteiger partial charge in [0.25, 0.3) is 5.56 Å². The molecule has 0 bridgehead atoms. The number of primary amides is 1. The van der Waals surface area contributed by atoms with Crippen molar-refractivity contribution in [2.75, 3.05) is 6.54 Å². The van der Waals surface area contributed by atoms with Crippen molar-refractivity contribution in [1.29, 1.82) is 0 Å². The van der Waals surface area contributed by atoms with Gasteiger partial charge in [-0.3, -0.25) is 19.0 Å². The van der Waals surface area contributed by atoms with Crippen LogP contribution in [-0.4, -0.2) is 38.9 Å². The summed E-state index contributed by atoms with van der Waals surface area (Å²) in [5, 5.41) is 0.732. The highest BCUT2D eigenvalue weighted by Gasteiger charge is 2.32. The Labute approximate surface area is 154 Å². The molecule has 1 fully saturated rings. The zero-order valence-corrected chi connectivity index (χ0v) is 15.4. The van der Waals surface area contributed by atoms with Crippen LogP contribution in [-0.2, 0) is 29.0 Å². The quantitative estimate of drug-likeness (QED) is 0.869. The lowest BCUT2D eigenvalue weighted by atomic mass is 9.97. The van der Waals surface area contributed by atoms with Gasteiger partial charge in [0, 0.05) is 24.4 Å². The monoisotopic (exact) mass is 374 g/mol. The largest absolute Gasteiger partial charge is 0.368 e. The average molecular weight is 374 g/mol. The van der Waals surface area contributed by atoms with Crippen LogP contribution in [0.4, 0.5) is 0 Å². The Hall–Kier alpha value is -2.22. The van der Waals surface area contributed by atoms with Gasteiger partial charge in [0.2, 0.25) is 11.8 Å². The van der Waals surface area contributed by atoms with Gasteiger partial charge in [-0.1, -0.05) is 0 Å². The predicted molar refractivity (Wildman–Crippen MR) is 99.1 cm³/mol. The second-order valence-electron chi connectivity index (χ2n) is 7.03. The van der Waals surface area contributed by atoms with Gasteiger partial charge in [0.15, 0.2) is 0 Å². The van der Waals surface area contributed by atoms with Crippen molar-refractivity contribution in [2.45, 2.75) is 57.5 Å². The van der Waals surface area contributed by atoms with Gasteiger partial charge < -0.3 is 10.6 Å². The number of aryl methyl sites for hydroxylation is 3. The molecule has 0 aromatic carbocycles. The van der Waals surface area contributed by atoms with Gasteiger partial charge in [-0.05, 0) is 44.1 Å². The number of aromatic nitrogens is 2. The fraction of sp³-hybridized carbons (Fsp3) is 0.556. The third-order valence-electron chi connectivity index (χ3n) is 5.41. The molecule has 138 valence electrons. The number of rotatable bonds is 4. The number of nitrogens with zero attached hydrogens (tertiary/aromatic N) is 3. The minimum absolute atomic E-state index is 0.0601. The van der Waals surface area contributed by atoms with Gasteiger partial charge in [-0.25, -0.2) is 4.98 Å². The maximum Gasteiger partial charge on any atom is 0.262 e. The van der Waals surface area contributed by atoms with Crippen LogP contribution in [0.2, 0.25) is 0 Å². The first-order chi connectivity index (χ1) is 12.6. The molecule has 0 saturated carbocycles. The van der Waals surface area contributed by atoms with Crippen molar-refractivity contribution >= 4 is 33.4 Å². The number of hydrogen-bond acceptors (Lipinski definition) is 5. The molecule has 2 aromatic heterocycles. The summed E-state index contributed by atoms with van der Waals surface area (Å²) in [6.07, 6.45) is 7.34. The van der Waals surface area contributed by atoms with Crippen molar-refractivity contribution in [3.05, 3.63) is 27.1 Å². The second kappa shape index (κ2) is 6.83. The zero-order valence-electron chi connectivity index (χ0n) is 14.6. The van der Waals surface area contributed by atoms with E-state index in [2.05, 4.69) is 4.98 Å². The van der Waals surface area contributed by atoms with Crippen LogP contribution in [0.3, 0.4) is 0 Å². The van der Waals surface area contributed by atoms with Gasteiger partial charge in [0.1, 0.15) is 10.9 Å². The third kappa shape index (κ3) is 2.92. The summed E-state index contributed by atoms with van der Waals surface area (Å²) >= 11 is 1.62. The summed E-state index contributed by atoms with van der Waals surface area (Å²) in [4.78, 5) is 44.9. The molecule has 1 aliphatic carbocycles. The van der Waals surface area contributed by atoms with Crippen LogP contribution in [0, 0.1) is 0 Å². The summed E-state index contributed by atoms with van der Waals surface area (Å²) in [6.45, 7) is 0.823. The third-order valence-corrected chi connectivity index (χ3v) is 6.61. The highest BCUT2D eigenvalue weighted by Crippen LogP contribution is 2.33. The van der Waals surface area contributed by atoms with Crippen molar-refractivity contribution in [2.24, 2.45) is 5.73 Å². The molecule has 8 heteroatoms. The van der Waals surface area contributed by atoms with Gasteiger partial charge >= 0.3 is 0 Å². The maximum atomic E-state index is 12.9. The van der Waals surface area contributed by atoms with Gasteiger partial charge in [0.05, 0.1) is 11.7 Å². The Kier molecular flexibility index (Phi) is 4.52. The lowest BCUT2D eigenvalue weighted by Gasteiger charge is -2.22. The Morgan fingerprint density at radius 2 is 2.08 bits per heavy atom. The lowest BCUT2D eigenvalue weighted by molar-refractivity contribution is -0.137. The molecular weight excluding hydrogens is 352 g/mol. The second-order valence-corrected chi connectivity index (χ2v) is 8.12. The Morgan fingerprint density at radius 1 is 1.27 bits per heavy atom. The van der Waals surface area contributed by atoms with Crippen LogP contribution < -0.4 is 11.3 Å². The molecule has 1 saturated heterocycles. The number of carbonyl (C=O) groups excluding carboxylic acids is 2. The number of likely N-dealkylation sites (tertiary alicyclic amines) is 1. The van der Waals surface area contributed by atoms with Gasteiger partial charge in [-0.15, -0.1) is 11.3 Å². The summed E-state index contributed by atoms with van der Waals surface area (Å²) in [7, 11) is 0. The number of fused-ring (bicyclic) bond motifs is 3. The Balaban J connectivity index is 1.54. The normalized spacial score (nSPS) is 19.7. The van der Waals surface area contributed by atoms with E-state index in [1.54, 1.807) is 16.2 Å². The standard InChI is InChI=1S/C18H22N4O3S/c19-16(24)12-5-3-8-22(12)14(23)7-9-21-10-20-17-15(18(21)25)11-4-1-2-6-13(11)26-17/h10,12H,1-9H2,(H2,19,24)/t12-/m1/s1. The Morgan fingerprint density at radius 3 is 2.88 bits per heavy atom. The first kappa shape index (κ1) is 17.2. The van der Waals surface area contributed by atoms with E-state index in [0.717, 1.165) is 41.5 Å². The molecule has 0 spiro atoms. The van der Waals surface area contributed by atoms with Crippen LogP contribution in [0.1, 0.15) is 42.5 Å². The number of hydrogen-bond donors (Lipinski definition) is 1. The van der Waals surface area contributed by atoms with Gasteiger partial charge in [-0.2, -0.15) is 0 Å². The molecule has 0 unspecified atom stereocenters. The molecule has 1 atom stereocenters. The van der Waals surface area contributed by atoms with E-state index in [4.69, 9.17) is 5.73 Å². The highest BCUT2D eigenvalue weighted by atomic mass is 32.1. The van der Waals surface area contributed by atoms with E-state index in [9.17, 15) is 14.4 Å². The molecule has 7 nitrogen and oxygen atoms in total. The maximum absolute atomic E-state index is 12.9. The SMILES string of the molecule is NC(=O)[C@H]1CCCN1C(=O)CCn1cnc2sc3c(c2c1=O)CCCC3. The minimum atomic E-state index is -0.510. The first-order valence-corrected chi connectivity index (χ1v) is 9.96. The molecule has 3 heterocycles. The molecule has 4 rings (SSSR count). The van der Waals surface area contributed by atoms with Crippen molar-refractivity contribution in [1.82, 2.24) is 14.5 Å². The molecule has 2 amide bonds. The van der Waals surface area contributed by atoms with Crippen LogP contribution >= 0.6 is 11.3 Å². The molecule has 2 N–H and O–H groups in total. The topological polar surface area (TPSA) is 98.3 Å².